The highest BCUT2D eigenvalue weighted by molar-refractivity contribution is 5.94. The molecule has 0 radical (unpaired) electrons. The molecule has 6 heteroatoms. The van der Waals surface area contributed by atoms with E-state index < -0.39 is 12.0 Å². The van der Waals surface area contributed by atoms with Gasteiger partial charge in [0.2, 0.25) is 5.91 Å². The maximum Gasteiger partial charge on any atom is 0.321 e. The fourth-order valence-electron chi connectivity index (χ4n) is 2.77. The van der Waals surface area contributed by atoms with Gasteiger partial charge in [-0.2, -0.15) is 0 Å². The molecule has 1 aliphatic heterocycles. The van der Waals surface area contributed by atoms with Crippen LogP contribution >= 0.6 is 0 Å². The number of nitrogens with zero attached hydrogens (tertiary/aromatic N) is 2. The third kappa shape index (κ3) is 4.53. The number of piperazine rings is 1. The number of hydrogen-bond donors (Lipinski definition) is 2. The first-order valence-corrected chi connectivity index (χ1v) is 7.90. The van der Waals surface area contributed by atoms with E-state index in [1.165, 1.54) is 0 Å². The summed E-state index contributed by atoms with van der Waals surface area (Å²) < 4.78 is 0. The lowest BCUT2D eigenvalue weighted by atomic mass is 10.1. The molecule has 0 unspecified atom stereocenters. The van der Waals surface area contributed by atoms with Crippen molar-refractivity contribution in [3.05, 3.63) is 29.3 Å². The van der Waals surface area contributed by atoms with E-state index in [9.17, 15) is 14.7 Å². The van der Waals surface area contributed by atoms with E-state index in [0.717, 1.165) is 29.9 Å². The van der Waals surface area contributed by atoms with Crippen LogP contribution in [0.15, 0.2) is 18.2 Å². The summed E-state index contributed by atoms with van der Waals surface area (Å²) in [6.45, 7) is 6.91. The van der Waals surface area contributed by atoms with Gasteiger partial charge in [-0.1, -0.05) is 12.1 Å². The van der Waals surface area contributed by atoms with Crippen molar-refractivity contribution in [3.8, 4) is 0 Å². The largest absolute Gasteiger partial charge is 0.480 e. The van der Waals surface area contributed by atoms with Gasteiger partial charge in [0.25, 0.3) is 0 Å². The number of carbonyl (C=O) groups is 2. The maximum atomic E-state index is 12.3. The average molecular weight is 319 g/mol. The highest BCUT2D eigenvalue weighted by atomic mass is 16.4. The number of likely N-dealkylation sites (N-methyl/N-ethyl adjacent to an activating group) is 1. The van der Waals surface area contributed by atoms with Crippen molar-refractivity contribution in [1.82, 2.24) is 9.80 Å². The van der Waals surface area contributed by atoms with Gasteiger partial charge >= 0.3 is 5.97 Å². The predicted molar refractivity (Wildman–Crippen MR) is 89.7 cm³/mol. The highest BCUT2D eigenvalue weighted by Gasteiger charge is 2.30. The van der Waals surface area contributed by atoms with Crippen molar-refractivity contribution >= 4 is 17.6 Å². The molecule has 6 nitrogen and oxygen atoms in total. The number of carboxylic acid groups (broad SMARTS) is 1. The molecule has 2 rings (SSSR count). The third-order valence-corrected chi connectivity index (χ3v) is 4.52. The number of anilines is 1. The SMILES string of the molecule is Cc1cccc(NC(=O)C[C@@H](C(=O)O)N2CCN(C)CC2)c1C. The van der Waals surface area contributed by atoms with Crippen LogP contribution in [0, 0.1) is 13.8 Å². The molecule has 1 amide bonds. The van der Waals surface area contributed by atoms with Gasteiger partial charge in [-0.3, -0.25) is 14.5 Å². The van der Waals surface area contributed by atoms with Crippen molar-refractivity contribution < 1.29 is 14.7 Å². The predicted octanol–water partition coefficient (Wildman–Crippen LogP) is 1.33. The van der Waals surface area contributed by atoms with Crippen LogP contribution in [-0.2, 0) is 9.59 Å². The van der Waals surface area contributed by atoms with Crippen LogP contribution < -0.4 is 5.32 Å². The Bertz CT molecular complexity index is 580. The Morgan fingerprint density at radius 2 is 1.87 bits per heavy atom. The first-order chi connectivity index (χ1) is 10.9. The van der Waals surface area contributed by atoms with Crippen molar-refractivity contribution in [2.24, 2.45) is 0 Å². The summed E-state index contributed by atoms with van der Waals surface area (Å²) >= 11 is 0. The second-order valence-electron chi connectivity index (χ2n) is 6.19. The maximum absolute atomic E-state index is 12.3. The molecule has 1 fully saturated rings. The number of hydrogen-bond acceptors (Lipinski definition) is 4. The minimum absolute atomic E-state index is 0.0353. The van der Waals surface area contributed by atoms with Crippen molar-refractivity contribution in [3.63, 3.8) is 0 Å². The summed E-state index contributed by atoms with van der Waals surface area (Å²) in [5.74, 6) is -1.20. The second-order valence-corrected chi connectivity index (χ2v) is 6.19. The average Bonchev–Trinajstić information content (AvgIpc) is 2.50. The molecule has 1 aliphatic rings. The van der Waals surface area contributed by atoms with Crippen LogP contribution in [-0.4, -0.2) is 66.1 Å². The molecule has 0 saturated carbocycles. The van der Waals surface area contributed by atoms with E-state index in [4.69, 9.17) is 0 Å². The van der Waals surface area contributed by atoms with Gasteiger partial charge in [-0.25, -0.2) is 0 Å². The van der Waals surface area contributed by atoms with Gasteiger partial charge in [-0.05, 0) is 38.1 Å². The summed E-state index contributed by atoms with van der Waals surface area (Å²) in [6, 6.07) is 4.93. The molecule has 0 bridgehead atoms. The van der Waals surface area contributed by atoms with Crippen LogP contribution in [0.5, 0.6) is 0 Å². The molecule has 2 N–H and O–H groups in total. The van der Waals surface area contributed by atoms with Gasteiger partial charge in [-0.15, -0.1) is 0 Å². The summed E-state index contributed by atoms with van der Waals surface area (Å²) in [5, 5.41) is 12.3. The zero-order valence-electron chi connectivity index (χ0n) is 14.0. The molecule has 1 atom stereocenters. The van der Waals surface area contributed by atoms with Gasteiger partial charge in [0.05, 0.1) is 6.42 Å². The van der Waals surface area contributed by atoms with Crippen LogP contribution in [0.3, 0.4) is 0 Å². The van der Waals surface area contributed by atoms with E-state index in [-0.39, 0.29) is 12.3 Å². The lowest BCUT2D eigenvalue weighted by Crippen LogP contribution is -2.52. The Balaban J connectivity index is 2.01. The topological polar surface area (TPSA) is 72.9 Å². The summed E-state index contributed by atoms with van der Waals surface area (Å²) in [4.78, 5) is 27.9. The Labute approximate surface area is 137 Å². The highest BCUT2D eigenvalue weighted by Crippen LogP contribution is 2.19. The Hall–Kier alpha value is -1.92. The number of rotatable bonds is 5. The third-order valence-electron chi connectivity index (χ3n) is 4.52. The van der Waals surface area contributed by atoms with E-state index in [0.29, 0.717) is 13.1 Å². The molecule has 1 aromatic carbocycles. The molecule has 0 aromatic heterocycles. The number of carbonyl (C=O) groups excluding carboxylic acids is 1. The number of aliphatic carboxylic acids is 1. The minimum atomic E-state index is -0.939. The number of aryl methyl sites for hydroxylation is 1. The van der Waals surface area contributed by atoms with E-state index >= 15 is 0 Å². The van der Waals surface area contributed by atoms with Gasteiger partial charge in [0, 0.05) is 31.9 Å². The fourth-order valence-corrected chi connectivity index (χ4v) is 2.77. The molecule has 1 heterocycles. The second kappa shape index (κ2) is 7.57. The van der Waals surface area contributed by atoms with E-state index in [2.05, 4.69) is 10.2 Å². The van der Waals surface area contributed by atoms with E-state index in [1.807, 2.05) is 44.0 Å². The summed E-state index contributed by atoms with van der Waals surface area (Å²) in [7, 11) is 2.01. The molecular formula is C17H25N3O3. The lowest BCUT2D eigenvalue weighted by Gasteiger charge is -2.35. The lowest BCUT2D eigenvalue weighted by molar-refractivity contribution is -0.145. The van der Waals surface area contributed by atoms with Crippen LogP contribution in [0.1, 0.15) is 17.5 Å². The van der Waals surface area contributed by atoms with Crippen molar-refractivity contribution in [1.29, 1.82) is 0 Å². The minimum Gasteiger partial charge on any atom is -0.480 e. The van der Waals surface area contributed by atoms with Crippen LogP contribution in [0.4, 0.5) is 5.69 Å². The molecule has 1 saturated heterocycles. The zero-order valence-corrected chi connectivity index (χ0v) is 14.0. The smallest absolute Gasteiger partial charge is 0.321 e. The van der Waals surface area contributed by atoms with Crippen molar-refractivity contribution in [2.45, 2.75) is 26.3 Å². The number of carboxylic acids is 1. The van der Waals surface area contributed by atoms with Gasteiger partial charge in [0.15, 0.2) is 0 Å². The van der Waals surface area contributed by atoms with Crippen LogP contribution in [0.2, 0.25) is 0 Å². The number of amides is 1. The Kier molecular flexibility index (Phi) is 5.74. The molecule has 0 spiro atoms. The fraction of sp³-hybridized carbons (Fsp3) is 0.529. The molecular weight excluding hydrogens is 294 g/mol. The first-order valence-electron chi connectivity index (χ1n) is 7.90. The Morgan fingerprint density at radius 3 is 2.48 bits per heavy atom. The summed E-state index contributed by atoms with van der Waals surface area (Å²) in [5.41, 5.74) is 2.85. The normalized spacial score (nSPS) is 17.7. The monoisotopic (exact) mass is 319 g/mol. The molecule has 126 valence electrons. The summed E-state index contributed by atoms with van der Waals surface area (Å²) in [6.07, 6.45) is -0.0353. The standard InChI is InChI=1S/C17H25N3O3/c1-12-5-4-6-14(13(12)2)18-16(21)11-15(17(22)23)20-9-7-19(3)8-10-20/h4-6,15H,7-11H2,1-3H3,(H,18,21)(H,22,23)/t15-/m0/s1. The number of benzene rings is 1. The number of nitrogens with one attached hydrogen (secondary N) is 1. The van der Waals surface area contributed by atoms with Crippen molar-refractivity contribution in [2.75, 3.05) is 38.5 Å². The van der Waals surface area contributed by atoms with Crippen LogP contribution in [0.25, 0.3) is 0 Å². The zero-order chi connectivity index (χ0) is 17.0. The quantitative estimate of drug-likeness (QED) is 0.857. The Morgan fingerprint density at radius 1 is 1.22 bits per heavy atom. The van der Waals surface area contributed by atoms with Gasteiger partial charge in [0.1, 0.15) is 6.04 Å². The first kappa shape index (κ1) is 17.4. The van der Waals surface area contributed by atoms with E-state index in [1.54, 1.807) is 0 Å². The molecule has 23 heavy (non-hydrogen) atoms. The van der Waals surface area contributed by atoms with Gasteiger partial charge < -0.3 is 15.3 Å². The molecule has 1 aromatic rings. The molecule has 0 aliphatic carbocycles.